The fourth-order valence-electron chi connectivity index (χ4n) is 4.54. The molecule has 0 aromatic carbocycles. The predicted molar refractivity (Wildman–Crippen MR) is 85.9 cm³/mol. The maximum atomic E-state index is 3.85. The fourth-order valence-corrected chi connectivity index (χ4v) is 4.54. The van der Waals surface area contributed by atoms with Crippen molar-refractivity contribution in [2.45, 2.75) is 77.3 Å². The van der Waals surface area contributed by atoms with E-state index in [-0.39, 0.29) is 0 Å². The van der Waals surface area contributed by atoms with Crippen LogP contribution in [0.2, 0.25) is 0 Å². The van der Waals surface area contributed by atoms with E-state index in [0.717, 1.165) is 23.8 Å². The number of piperazine rings is 1. The zero-order valence-corrected chi connectivity index (χ0v) is 13.8. The smallest absolute Gasteiger partial charge is 0.0309 e. The molecule has 116 valence electrons. The van der Waals surface area contributed by atoms with Crippen LogP contribution in [0.15, 0.2) is 0 Å². The number of nitrogens with zero attached hydrogens (tertiary/aromatic N) is 1. The number of nitrogens with one attached hydrogen (secondary N) is 1. The Kier molecular flexibility index (Phi) is 4.42. The highest BCUT2D eigenvalue weighted by Crippen LogP contribution is 2.41. The van der Waals surface area contributed by atoms with Gasteiger partial charge in [-0.25, -0.2) is 0 Å². The lowest BCUT2D eigenvalue weighted by atomic mass is 9.80. The van der Waals surface area contributed by atoms with Crippen molar-refractivity contribution in [1.82, 2.24) is 10.2 Å². The molecule has 2 atom stereocenters. The van der Waals surface area contributed by atoms with Crippen LogP contribution in [0.25, 0.3) is 0 Å². The Bertz CT molecular complexity index is 317. The lowest BCUT2D eigenvalue weighted by molar-refractivity contribution is 0.0596. The van der Waals surface area contributed by atoms with Crippen LogP contribution < -0.4 is 5.32 Å². The second kappa shape index (κ2) is 5.96. The van der Waals surface area contributed by atoms with Crippen molar-refractivity contribution in [2.24, 2.45) is 17.8 Å². The molecule has 2 saturated carbocycles. The van der Waals surface area contributed by atoms with Crippen LogP contribution in [-0.4, -0.2) is 36.1 Å². The maximum Gasteiger partial charge on any atom is 0.0309 e. The van der Waals surface area contributed by atoms with Gasteiger partial charge in [-0.1, -0.05) is 26.2 Å². The molecule has 2 heteroatoms. The monoisotopic (exact) mass is 278 g/mol. The summed E-state index contributed by atoms with van der Waals surface area (Å²) in [5, 5.41) is 3.85. The lowest BCUT2D eigenvalue weighted by Gasteiger charge is -2.47. The van der Waals surface area contributed by atoms with Gasteiger partial charge in [0, 0.05) is 31.2 Å². The Morgan fingerprint density at radius 1 is 1.05 bits per heavy atom. The first kappa shape index (κ1) is 14.8. The molecule has 3 aliphatic rings. The molecular formula is C18H34N2. The molecule has 0 radical (unpaired) electrons. The average Bonchev–Trinajstić information content (AvgIpc) is 3.29. The molecule has 1 saturated heterocycles. The van der Waals surface area contributed by atoms with E-state index in [2.05, 4.69) is 31.0 Å². The van der Waals surface area contributed by atoms with Crippen molar-refractivity contribution in [2.75, 3.05) is 19.6 Å². The van der Waals surface area contributed by atoms with Gasteiger partial charge in [-0.2, -0.15) is 0 Å². The third-order valence-corrected chi connectivity index (χ3v) is 6.47. The summed E-state index contributed by atoms with van der Waals surface area (Å²) in [4.78, 5) is 2.81. The summed E-state index contributed by atoms with van der Waals surface area (Å²) < 4.78 is 0. The normalized spacial score (nSPS) is 43.6. The molecule has 3 rings (SSSR count). The molecular weight excluding hydrogens is 244 g/mol. The molecule has 2 unspecified atom stereocenters. The molecule has 3 fully saturated rings. The predicted octanol–water partition coefficient (Wildman–Crippen LogP) is 3.67. The molecule has 0 spiro atoms. The quantitative estimate of drug-likeness (QED) is 0.844. The van der Waals surface area contributed by atoms with E-state index in [1.807, 2.05) is 0 Å². The molecule has 1 aliphatic heterocycles. The van der Waals surface area contributed by atoms with Crippen LogP contribution in [0.5, 0.6) is 0 Å². The van der Waals surface area contributed by atoms with Crippen molar-refractivity contribution in [3.8, 4) is 0 Å². The summed E-state index contributed by atoms with van der Waals surface area (Å²) in [6.45, 7) is 11.1. The van der Waals surface area contributed by atoms with E-state index < -0.39 is 0 Å². The summed E-state index contributed by atoms with van der Waals surface area (Å²) in [6, 6.07) is 0.728. The van der Waals surface area contributed by atoms with E-state index in [1.54, 1.807) is 0 Å². The zero-order valence-electron chi connectivity index (χ0n) is 13.8. The molecule has 1 N–H and O–H groups in total. The minimum Gasteiger partial charge on any atom is -0.308 e. The standard InChI is InChI=1S/C18H34N2/c1-4-15-5-7-16(8-6-15)12-20-13-18(3,17-9-10-17)19-11-14(20)2/h14-17,19H,4-13H2,1-3H3. The number of rotatable bonds is 4. The van der Waals surface area contributed by atoms with E-state index >= 15 is 0 Å². The first-order valence-electron chi connectivity index (χ1n) is 9.10. The third kappa shape index (κ3) is 3.22. The van der Waals surface area contributed by atoms with Crippen LogP contribution in [0.3, 0.4) is 0 Å². The highest BCUT2D eigenvalue weighted by atomic mass is 15.3. The van der Waals surface area contributed by atoms with Gasteiger partial charge in [-0.15, -0.1) is 0 Å². The maximum absolute atomic E-state index is 3.85. The molecule has 2 aliphatic carbocycles. The Labute approximate surface area is 125 Å². The first-order chi connectivity index (χ1) is 9.60. The van der Waals surface area contributed by atoms with Crippen molar-refractivity contribution >= 4 is 0 Å². The SMILES string of the molecule is CCC1CCC(CN2CC(C)(C3CC3)NCC2C)CC1. The van der Waals surface area contributed by atoms with Crippen LogP contribution in [0.1, 0.15) is 65.7 Å². The fraction of sp³-hybridized carbons (Fsp3) is 1.00. The van der Waals surface area contributed by atoms with Crippen molar-refractivity contribution in [1.29, 1.82) is 0 Å². The largest absolute Gasteiger partial charge is 0.308 e. The Morgan fingerprint density at radius 2 is 1.70 bits per heavy atom. The molecule has 0 aromatic rings. The van der Waals surface area contributed by atoms with Crippen molar-refractivity contribution in [3.63, 3.8) is 0 Å². The highest BCUT2D eigenvalue weighted by Gasteiger charge is 2.45. The van der Waals surface area contributed by atoms with Crippen molar-refractivity contribution in [3.05, 3.63) is 0 Å². The van der Waals surface area contributed by atoms with Gasteiger partial charge in [0.15, 0.2) is 0 Å². The molecule has 0 bridgehead atoms. The van der Waals surface area contributed by atoms with Gasteiger partial charge in [-0.05, 0) is 57.3 Å². The van der Waals surface area contributed by atoms with Gasteiger partial charge < -0.3 is 5.32 Å². The lowest BCUT2D eigenvalue weighted by Crippen LogP contribution is -2.63. The van der Waals surface area contributed by atoms with Gasteiger partial charge in [0.1, 0.15) is 0 Å². The molecule has 2 nitrogen and oxygen atoms in total. The second-order valence-electron chi connectivity index (χ2n) is 8.15. The minimum atomic E-state index is 0.410. The van der Waals surface area contributed by atoms with Gasteiger partial charge in [-0.3, -0.25) is 4.90 Å². The van der Waals surface area contributed by atoms with E-state index in [9.17, 15) is 0 Å². The van der Waals surface area contributed by atoms with Crippen LogP contribution in [-0.2, 0) is 0 Å². The molecule has 1 heterocycles. The van der Waals surface area contributed by atoms with E-state index in [1.165, 1.54) is 64.6 Å². The Balaban J connectivity index is 1.53. The Hall–Kier alpha value is -0.0800. The van der Waals surface area contributed by atoms with E-state index in [4.69, 9.17) is 0 Å². The minimum absolute atomic E-state index is 0.410. The molecule has 0 aromatic heterocycles. The Morgan fingerprint density at radius 3 is 2.30 bits per heavy atom. The number of hydrogen-bond donors (Lipinski definition) is 1. The topological polar surface area (TPSA) is 15.3 Å². The molecule has 0 amide bonds. The first-order valence-corrected chi connectivity index (χ1v) is 9.10. The number of hydrogen-bond acceptors (Lipinski definition) is 2. The molecule has 20 heavy (non-hydrogen) atoms. The van der Waals surface area contributed by atoms with Crippen LogP contribution >= 0.6 is 0 Å². The average molecular weight is 278 g/mol. The summed E-state index contributed by atoms with van der Waals surface area (Å²) in [5.41, 5.74) is 0.410. The summed E-state index contributed by atoms with van der Waals surface area (Å²) in [6.07, 6.45) is 10.2. The zero-order chi connectivity index (χ0) is 14.2. The second-order valence-corrected chi connectivity index (χ2v) is 8.15. The van der Waals surface area contributed by atoms with Crippen LogP contribution in [0.4, 0.5) is 0 Å². The van der Waals surface area contributed by atoms with Gasteiger partial charge in [0.05, 0.1) is 0 Å². The third-order valence-electron chi connectivity index (χ3n) is 6.47. The van der Waals surface area contributed by atoms with Gasteiger partial charge >= 0.3 is 0 Å². The summed E-state index contributed by atoms with van der Waals surface area (Å²) in [7, 11) is 0. The van der Waals surface area contributed by atoms with Gasteiger partial charge in [0.2, 0.25) is 0 Å². The van der Waals surface area contributed by atoms with Crippen LogP contribution in [0, 0.1) is 17.8 Å². The van der Waals surface area contributed by atoms with Gasteiger partial charge in [0.25, 0.3) is 0 Å². The highest BCUT2D eigenvalue weighted by molar-refractivity contribution is 5.03. The van der Waals surface area contributed by atoms with E-state index in [0.29, 0.717) is 5.54 Å². The summed E-state index contributed by atoms with van der Waals surface area (Å²) in [5.74, 6) is 2.96. The van der Waals surface area contributed by atoms with Crippen molar-refractivity contribution < 1.29 is 0 Å². The summed E-state index contributed by atoms with van der Waals surface area (Å²) >= 11 is 0.